The van der Waals surface area contributed by atoms with Crippen LogP contribution < -0.4 is 10.2 Å². The number of methoxy groups -OCH3 is 1. The van der Waals surface area contributed by atoms with E-state index in [0.29, 0.717) is 6.61 Å². The molecule has 9 heteroatoms. The van der Waals surface area contributed by atoms with Crippen LogP contribution in [0.2, 0.25) is 0 Å². The van der Waals surface area contributed by atoms with E-state index in [1.807, 2.05) is 5.48 Å². The first-order chi connectivity index (χ1) is 12.3. The number of hydrogen-bond donors (Lipinski definition) is 2. The molecular formula is C17H18F3N3O3. The van der Waals surface area contributed by atoms with Crippen LogP contribution in [0, 0.1) is 0 Å². The number of hydroxylamine groups is 1. The Kier molecular flexibility index (Phi) is 6.53. The molecule has 1 heterocycles. The van der Waals surface area contributed by atoms with Crippen molar-refractivity contribution in [2.45, 2.75) is 19.1 Å². The smallest absolute Gasteiger partial charge is 0.416 e. The third kappa shape index (κ3) is 5.17. The highest BCUT2D eigenvalue weighted by Crippen LogP contribution is 2.32. The highest BCUT2D eigenvalue weighted by Gasteiger charge is 2.30. The van der Waals surface area contributed by atoms with Gasteiger partial charge in [0.1, 0.15) is 5.75 Å². The summed E-state index contributed by atoms with van der Waals surface area (Å²) in [5.41, 5.74) is 1.41. The zero-order chi connectivity index (χ0) is 19.2. The van der Waals surface area contributed by atoms with E-state index in [1.54, 1.807) is 19.1 Å². The summed E-state index contributed by atoms with van der Waals surface area (Å²) in [5.74, 6) is 0.0170. The number of nitrogens with zero attached hydrogens (tertiary/aromatic N) is 2. The Morgan fingerprint density at radius 2 is 2.08 bits per heavy atom. The fraction of sp³-hybridized carbons (Fsp3) is 0.294. The van der Waals surface area contributed by atoms with Crippen molar-refractivity contribution < 1.29 is 27.9 Å². The molecule has 0 saturated heterocycles. The molecule has 0 amide bonds. The number of halogens is 3. The van der Waals surface area contributed by atoms with Gasteiger partial charge in [0, 0.05) is 13.3 Å². The van der Waals surface area contributed by atoms with Crippen molar-refractivity contribution in [1.29, 1.82) is 0 Å². The summed E-state index contributed by atoms with van der Waals surface area (Å²) >= 11 is 0. The Balaban J connectivity index is 2.35. The lowest BCUT2D eigenvalue weighted by Crippen LogP contribution is -2.24. The summed E-state index contributed by atoms with van der Waals surface area (Å²) in [4.78, 5) is 8.27. The third-order valence-corrected chi connectivity index (χ3v) is 3.27. The molecule has 1 aromatic carbocycles. The molecule has 6 nitrogen and oxygen atoms in total. The molecule has 0 aliphatic carbocycles. The molecule has 140 valence electrons. The van der Waals surface area contributed by atoms with Crippen molar-refractivity contribution in [2.24, 2.45) is 4.99 Å². The van der Waals surface area contributed by atoms with Gasteiger partial charge in [-0.2, -0.15) is 13.2 Å². The number of pyridine rings is 1. The van der Waals surface area contributed by atoms with Crippen molar-refractivity contribution in [1.82, 2.24) is 10.5 Å². The lowest BCUT2D eigenvalue weighted by molar-refractivity contribution is -0.137. The molecule has 0 aliphatic heterocycles. The average molecular weight is 369 g/mol. The second-order valence-electron chi connectivity index (χ2n) is 5.38. The molecule has 0 fully saturated rings. The summed E-state index contributed by atoms with van der Waals surface area (Å²) in [5, 5.41) is 9.38. The number of aromatic nitrogens is 1. The number of amidine groups is 1. The number of alkyl halides is 3. The van der Waals surface area contributed by atoms with Gasteiger partial charge in [0.15, 0.2) is 5.84 Å². The zero-order valence-electron chi connectivity index (χ0n) is 14.1. The van der Waals surface area contributed by atoms with Gasteiger partial charge in [0.2, 0.25) is 5.88 Å². The number of ether oxygens (including phenoxy) is 2. The average Bonchev–Trinajstić information content (AvgIpc) is 2.60. The Morgan fingerprint density at radius 1 is 1.31 bits per heavy atom. The van der Waals surface area contributed by atoms with Crippen LogP contribution in [-0.2, 0) is 10.9 Å². The normalized spacial score (nSPS) is 13.4. The van der Waals surface area contributed by atoms with E-state index >= 15 is 0 Å². The van der Waals surface area contributed by atoms with Crippen molar-refractivity contribution in [3.63, 3.8) is 0 Å². The Hall–Kier alpha value is -2.65. The van der Waals surface area contributed by atoms with E-state index in [-0.39, 0.29) is 29.1 Å². The molecule has 2 rings (SSSR count). The predicted molar refractivity (Wildman–Crippen MR) is 88.6 cm³/mol. The SMILES string of the molecule is COCC(C)N=C(NO)c1cccnc1Oc1cccc(C(F)(F)F)c1. The van der Waals surface area contributed by atoms with Crippen LogP contribution in [0.3, 0.4) is 0 Å². The Bertz CT molecular complexity index is 766. The highest BCUT2D eigenvalue weighted by atomic mass is 19.4. The van der Waals surface area contributed by atoms with Crippen LogP contribution >= 0.6 is 0 Å². The van der Waals surface area contributed by atoms with Crippen molar-refractivity contribution in [3.05, 3.63) is 53.7 Å². The minimum atomic E-state index is -4.48. The van der Waals surface area contributed by atoms with Crippen LogP contribution in [0.25, 0.3) is 0 Å². The fourth-order valence-electron chi connectivity index (χ4n) is 2.16. The van der Waals surface area contributed by atoms with Crippen molar-refractivity contribution >= 4 is 5.84 Å². The van der Waals surface area contributed by atoms with Gasteiger partial charge in [-0.25, -0.2) is 4.98 Å². The van der Waals surface area contributed by atoms with Crippen LogP contribution in [0.4, 0.5) is 13.2 Å². The first-order valence-electron chi connectivity index (χ1n) is 7.62. The molecule has 1 aromatic heterocycles. The fourth-order valence-corrected chi connectivity index (χ4v) is 2.16. The Morgan fingerprint density at radius 3 is 2.73 bits per heavy atom. The van der Waals surface area contributed by atoms with Crippen molar-refractivity contribution in [3.8, 4) is 11.6 Å². The molecule has 1 unspecified atom stereocenters. The third-order valence-electron chi connectivity index (χ3n) is 3.27. The van der Waals surface area contributed by atoms with E-state index in [0.717, 1.165) is 12.1 Å². The quantitative estimate of drug-likeness (QED) is 0.462. The maximum Gasteiger partial charge on any atom is 0.416 e. The molecule has 0 spiro atoms. The van der Waals surface area contributed by atoms with E-state index in [9.17, 15) is 18.4 Å². The largest absolute Gasteiger partial charge is 0.438 e. The lowest BCUT2D eigenvalue weighted by Gasteiger charge is -2.14. The van der Waals surface area contributed by atoms with Crippen LogP contribution in [-0.4, -0.2) is 35.8 Å². The second-order valence-corrected chi connectivity index (χ2v) is 5.38. The minimum absolute atomic E-state index is 0.00302. The summed E-state index contributed by atoms with van der Waals surface area (Å²) in [6, 6.07) is 7.30. The summed E-state index contributed by atoms with van der Waals surface area (Å²) in [7, 11) is 1.52. The van der Waals surface area contributed by atoms with Gasteiger partial charge in [-0.05, 0) is 37.3 Å². The Labute approximate surface area is 148 Å². The van der Waals surface area contributed by atoms with Gasteiger partial charge in [-0.1, -0.05) is 6.07 Å². The first-order valence-corrected chi connectivity index (χ1v) is 7.62. The predicted octanol–water partition coefficient (Wildman–Crippen LogP) is 3.65. The highest BCUT2D eigenvalue weighted by molar-refractivity contribution is 6.00. The summed E-state index contributed by atoms with van der Waals surface area (Å²) < 4.78 is 49.0. The van der Waals surface area contributed by atoms with Gasteiger partial charge >= 0.3 is 6.18 Å². The number of aliphatic imine (C=N–C) groups is 1. The minimum Gasteiger partial charge on any atom is -0.438 e. The number of rotatable bonds is 6. The molecule has 1 atom stereocenters. The molecule has 2 N–H and O–H groups in total. The second kappa shape index (κ2) is 8.63. The molecule has 0 saturated carbocycles. The molecule has 0 bridgehead atoms. The number of nitrogens with one attached hydrogen (secondary N) is 1. The maximum atomic E-state index is 12.8. The van der Waals surface area contributed by atoms with Gasteiger partial charge in [-0.15, -0.1) is 0 Å². The monoisotopic (exact) mass is 369 g/mol. The van der Waals surface area contributed by atoms with Crippen LogP contribution in [0.5, 0.6) is 11.6 Å². The van der Waals surface area contributed by atoms with E-state index in [4.69, 9.17) is 9.47 Å². The number of hydrogen-bond acceptors (Lipinski definition) is 5. The van der Waals surface area contributed by atoms with Crippen LogP contribution in [0.1, 0.15) is 18.1 Å². The van der Waals surface area contributed by atoms with Gasteiger partial charge in [-0.3, -0.25) is 15.7 Å². The zero-order valence-corrected chi connectivity index (χ0v) is 14.1. The van der Waals surface area contributed by atoms with Gasteiger partial charge in [0.05, 0.1) is 23.8 Å². The molecule has 0 aliphatic rings. The topological polar surface area (TPSA) is 76.0 Å². The molecule has 0 radical (unpaired) electrons. The lowest BCUT2D eigenvalue weighted by atomic mass is 10.2. The van der Waals surface area contributed by atoms with Gasteiger partial charge in [0.25, 0.3) is 0 Å². The van der Waals surface area contributed by atoms with Gasteiger partial charge < -0.3 is 9.47 Å². The summed E-state index contributed by atoms with van der Waals surface area (Å²) in [6.45, 7) is 2.08. The van der Waals surface area contributed by atoms with E-state index in [2.05, 4.69) is 9.98 Å². The molecule has 2 aromatic rings. The summed E-state index contributed by atoms with van der Waals surface area (Å²) in [6.07, 6.45) is -3.07. The van der Waals surface area contributed by atoms with Crippen LogP contribution in [0.15, 0.2) is 47.6 Å². The maximum absolute atomic E-state index is 12.8. The first kappa shape index (κ1) is 19.7. The number of benzene rings is 1. The standard InChI is InChI=1S/C17H18F3N3O3/c1-11(10-25-2)22-15(23-24)14-7-4-8-21-16(14)26-13-6-3-5-12(9-13)17(18,19)20/h3-9,11,24H,10H2,1-2H3,(H,22,23). The van der Waals surface area contributed by atoms with E-state index < -0.39 is 11.7 Å². The molecule has 26 heavy (non-hydrogen) atoms. The van der Waals surface area contributed by atoms with E-state index in [1.165, 1.54) is 25.4 Å². The van der Waals surface area contributed by atoms with Crippen molar-refractivity contribution in [2.75, 3.05) is 13.7 Å². The molecular weight excluding hydrogens is 351 g/mol.